The number of aromatic nitrogens is 2. The third kappa shape index (κ3) is 3.46. The van der Waals surface area contributed by atoms with Crippen molar-refractivity contribution >= 4 is 0 Å². The van der Waals surface area contributed by atoms with Crippen molar-refractivity contribution in [1.29, 1.82) is 0 Å². The molecule has 0 amide bonds. The third-order valence-corrected chi connectivity index (χ3v) is 4.56. The fourth-order valence-electron chi connectivity index (χ4n) is 3.24. The van der Waals surface area contributed by atoms with Crippen LogP contribution in [0.3, 0.4) is 0 Å². The van der Waals surface area contributed by atoms with Crippen LogP contribution in [0.25, 0.3) is 0 Å². The largest absolute Gasteiger partial charge is 0.392 e. The van der Waals surface area contributed by atoms with E-state index in [9.17, 15) is 9.50 Å². The lowest BCUT2D eigenvalue weighted by Crippen LogP contribution is -2.24. The first-order chi connectivity index (χ1) is 10.9. The minimum atomic E-state index is -0.342. The van der Waals surface area contributed by atoms with E-state index in [4.69, 9.17) is 0 Å². The summed E-state index contributed by atoms with van der Waals surface area (Å²) in [5.41, 5.74) is 3.26. The van der Waals surface area contributed by atoms with Gasteiger partial charge in [0.1, 0.15) is 5.82 Å². The molecule has 1 aliphatic rings. The van der Waals surface area contributed by atoms with Crippen molar-refractivity contribution in [1.82, 2.24) is 14.7 Å². The first-order valence-electron chi connectivity index (χ1n) is 8.16. The maximum atomic E-state index is 13.2. The lowest BCUT2D eigenvalue weighted by atomic mass is 10.0. The number of likely N-dealkylation sites (tertiary alicyclic amines) is 1. The van der Waals surface area contributed by atoms with Crippen LogP contribution in [-0.2, 0) is 6.54 Å². The number of aliphatic hydroxyl groups is 1. The quantitative estimate of drug-likeness (QED) is 0.941. The van der Waals surface area contributed by atoms with E-state index < -0.39 is 0 Å². The SMILES string of the molecule is Cc1nn(C(C)C)cc1CN1C[C@H](O)C[C@H]1c1ccc(F)cc1. The van der Waals surface area contributed by atoms with Crippen LogP contribution in [0.15, 0.2) is 30.5 Å². The highest BCUT2D eigenvalue weighted by molar-refractivity contribution is 5.23. The van der Waals surface area contributed by atoms with Crippen molar-refractivity contribution in [3.8, 4) is 0 Å². The molecule has 1 saturated heterocycles. The molecule has 23 heavy (non-hydrogen) atoms. The molecule has 5 heteroatoms. The van der Waals surface area contributed by atoms with E-state index in [1.807, 2.05) is 23.7 Å². The van der Waals surface area contributed by atoms with Crippen LogP contribution < -0.4 is 0 Å². The van der Waals surface area contributed by atoms with Gasteiger partial charge >= 0.3 is 0 Å². The Hall–Kier alpha value is -1.72. The van der Waals surface area contributed by atoms with Gasteiger partial charge in [-0.05, 0) is 44.9 Å². The van der Waals surface area contributed by atoms with E-state index in [0.717, 1.165) is 17.8 Å². The van der Waals surface area contributed by atoms with Gasteiger partial charge in [-0.15, -0.1) is 0 Å². The Balaban J connectivity index is 1.81. The van der Waals surface area contributed by atoms with Gasteiger partial charge < -0.3 is 5.11 Å². The van der Waals surface area contributed by atoms with E-state index in [-0.39, 0.29) is 18.0 Å². The van der Waals surface area contributed by atoms with E-state index in [1.54, 1.807) is 0 Å². The van der Waals surface area contributed by atoms with E-state index in [1.165, 1.54) is 17.7 Å². The maximum absolute atomic E-state index is 13.2. The van der Waals surface area contributed by atoms with Crippen molar-refractivity contribution in [2.45, 2.75) is 51.9 Å². The summed E-state index contributed by atoms with van der Waals surface area (Å²) in [5.74, 6) is -0.229. The number of hydrogen-bond donors (Lipinski definition) is 1. The number of halogens is 1. The summed E-state index contributed by atoms with van der Waals surface area (Å²) < 4.78 is 15.1. The molecule has 0 radical (unpaired) electrons. The number of aliphatic hydroxyl groups excluding tert-OH is 1. The zero-order chi connectivity index (χ0) is 16.6. The second kappa shape index (κ2) is 6.42. The van der Waals surface area contributed by atoms with E-state index >= 15 is 0 Å². The summed E-state index contributed by atoms with van der Waals surface area (Å²) in [4.78, 5) is 2.26. The van der Waals surface area contributed by atoms with Crippen LogP contribution >= 0.6 is 0 Å². The number of hydrogen-bond acceptors (Lipinski definition) is 3. The van der Waals surface area contributed by atoms with Gasteiger partial charge in [0.05, 0.1) is 11.8 Å². The Morgan fingerprint density at radius 1 is 1.30 bits per heavy atom. The van der Waals surface area contributed by atoms with E-state index in [2.05, 4.69) is 30.0 Å². The lowest BCUT2D eigenvalue weighted by molar-refractivity contribution is 0.172. The molecular weight excluding hydrogens is 293 g/mol. The molecule has 0 bridgehead atoms. The number of rotatable bonds is 4. The van der Waals surface area contributed by atoms with Crippen molar-refractivity contribution < 1.29 is 9.50 Å². The van der Waals surface area contributed by atoms with Crippen LogP contribution in [0.1, 0.15) is 49.2 Å². The fourth-order valence-corrected chi connectivity index (χ4v) is 3.24. The summed E-state index contributed by atoms with van der Waals surface area (Å²) in [5, 5.41) is 14.6. The zero-order valence-electron chi connectivity index (χ0n) is 13.9. The van der Waals surface area contributed by atoms with Gasteiger partial charge in [-0.1, -0.05) is 12.1 Å². The van der Waals surface area contributed by atoms with Crippen LogP contribution in [-0.4, -0.2) is 32.4 Å². The fraction of sp³-hybridized carbons (Fsp3) is 0.500. The molecular formula is C18H24FN3O. The predicted octanol–water partition coefficient (Wildman–Crippen LogP) is 3.22. The summed E-state index contributed by atoms with van der Waals surface area (Å²) in [7, 11) is 0. The van der Waals surface area contributed by atoms with Gasteiger partial charge in [-0.25, -0.2) is 4.39 Å². The minimum Gasteiger partial charge on any atom is -0.392 e. The van der Waals surface area contributed by atoms with Gasteiger partial charge in [-0.2, -0.15) is 5.10 Å². The lowest BCUT2D eigenvalue weighted by Gasteiger charge is -2.24. The maximum Gasteiger partial charge on any atom is 0.123 e. The second-order valence-electron chi connectivity index (χ2n) is 6.70. The Morgan fingerprint density at radius 3 is 2.61 bits per heavy atom. The summed E-state index contributed by atoms with van der Waals surface area (Å²) in [6.07, 6.45) is 2.43. The molecule has 4 nitrogen and oxygen atoms in total. The highest BCUT2D eigenvalue weighted by Gasteiger charge is 2.32. The summed E-state index contributed by atoms with van der Waals surface area (Å²) >= 11 is 0. The molecule has 0 saturated carbocycles. The molecule has 1 aromatic carbocycles. The first-order valence-corrected chi connectivity index (χ1v) is 8.16. The minimum absolute atomic E-state index is 0.118. The molecule has 1 aliphatic heterocycles. The first kappa shape index (κ1) is 16.1. The molecule has 0 aliphatic carbocycles. The molecule has 0 unspecified atom stereocenters. The molecule has 3 rings (SSSR count). The summed E-state index contributed by atoms with van der Waals surface area (Å²) in [6, 6.07) is 7.05. The van der Waals surface area contributed by atoms with Crippen LogP contribution in [0.5, 0.6) is 0 Å². The normalized spacial score (nSPS) is 22.2. The topological polar surface area (TPSA) is 41.3 Å². The van der Waals surface area contributed by atoms with Crippen molar-refractivity contribution in [3.05, 3.63) is 53.1 Å². The van der Waals surface area contributed by atoms with Gasteiger partial charge in [0.25, 0.3) is 0 Å². The number of nitrogens with zero attached hydrogens (tertiary/aromatic N) is 3. The predicted molar refractivity (Wildman–Crippen MR) is 87.5 cm³/mol. The molecule has 2 heterocycles. The van der Waals surface area contributed by atoms with Crippen molar-refractivity contribution in [2.24, 2.45) is 0 Å². The average molecular weight is 317 g/mol. The van der Waals surface area contributed by atoms with Gasteiger partial charge in [0, 0.05) is 36.9 Å². The van der Waals surface area contributed by atoms with Crippen LogP contribution in [0, 0.1) is 12.7 Å². The molecule has 1 aromatic heterocycles. The van der Waals surface area contributed by atoms with E-state index in [0.29, 0.717) is 19.0 Å². The number of aryl methyl sites for hydroxylation is 1. The average Bonchev–Trinajstić information content (AvgIpc) is 3.04. The zero-order valence-corrected chi connectivity index (χ0v) is 13.9. The second-order valence-corrected chi connectivity index (χ2v) is 6.70. The van der Waals surface area contributed by atoms with Gasteiger partial charge in [0.2, 0.25) is 0 Å². The Kier molecular flexibility index (Phi) is 4.50. The molecule has 1 N–H and O–H groups in total. The van der Waals surface area contributed by atoms with Crippen LogP contribution in [0.2, 0.25) is 0 Å². The molecule has 1 fully saturated rings. The summed E-state index contributed by atoms with van der Waals surface area (Å²) in [6.45, 7) is 7.62. The Labute approximate surface area is 136 Å². The van der Waals surface area contributed by atoms with Crippen molar-refractivity contribution in [2.75, 3.05) is 6.54 Å². The molecule has 2 atom stereocenters. The van der Waals surface area contributed by atoms with Gasteiger partial charge in [-0.3, -0.25) is 9.58 Å². The molecule has 124 valence electrons. The highest BCUT2D eigenvalue weighted by Crippen LogP contribution is 2.33. The highest BCUT2D eigenvalue weighted by atomic mass is 19.1. The standard InChI is InChI=1S/C18H24FN3O/c1-12(2)22-10-15(13(3)20-22)9-21-11-17(23)8-18(21)14-4-6-16(19)7-5-14/h4-7,10,12,17-18,23H,8-9,11H2,1-3H3/t17-,18+/m1/s1. The van der Waals surface area contributed by atoms with Crippen LogP contribution in [0.4, 0.5) is 4.39 Å². The van der Waals surface area contributed by atoms with Crippen molar-refractivity contribution in [3.63, 3.8) is 0 Å². The third-order valence-electron chi connectivity index (χ3n) is 4.56. The number of benzene rings is 1. The Morgan fingerprint density at radius 2 is 2.00 bits per heavy atom. The molecule has 0 spiro atoms. The smallest absolute Gasteiger partial charge is 0.123 e. The monoisotopic (exact) mass is 317 g/mol. The van der Waals surface area contributed by atoms with Gasteiger partial charge in [0.15, 0.2) is 0 Å². The Bertz CT molecular complexity index is 665. The molecule has 2 aromatic rings. The number of β-amino-alcohol motifs (C(OH)–C–C–N with tert-alkyl or cyclic N) is 1.